The second kappa shape index (κ2) is 6.26. The second-order valence-electron chi connectivity index (χ2n) is 5.23. The van der Waals surface area contributed by atoms with E-state index in [2.05, 4.69) is 4.98 Å². The molecule has 7 heteroatoms. The van der Waals surface area contributed by atoms with Gasteiger partial charge in [0.25, 0.3) is 0 Å². The fourth-order valence-corrected chi connectivity index (χ4v) is 3.41. The Hall–Kier alpha value is -1.98. The normalized spacial score (nSPS) is 13.4. The van der Waals surface area contributed by atoms with Crippen LogP contribution >= 0.6 is 23.2 Å². The molecule has 3 rings (SSSR count). The summed E-state index contributed by atoms with van der Waals surface area (Å²) >= 11 is 12.8. The van der Waals surface area contributed by atoms with Crippen molar-refractivity contribution in [1.29, 1.82) is 0 Å². The Kier molecular flexibility index (Phi) is 4.33. The van der Waals surface area contributed by atoms with Crippen LogP contribution in [0.25, 0.3) is 17.3 Å². The molecule has 120 valence electrons. The van der Waals surface area contributed by atoms with Crippen LogP contribution in [0.1, 0.15) is 17.7 Å². The van der Waals surface area contributed by atoms with Gasteiger partial charge >= 0.3 is 0 Å². The molecule has 1 aliphatic heterocycles. The van der Waals surface area contributed by atoms with Crippen molar-refractivity contribution < 1.29 is 9.53 Å². The van der Waals surface area contributed by atoms with Crippen molar-refractivity contribution in [2.45, 2.75) is 19.4 Å². The lowest BCUT2D eigenvalue weighted by molar-refractivity contribution is -0.117. The lowest BCUT2D eigenvalue weighted by Crippen LogP contribution is -2.15. The molecule has 3 heterocycles. The SMILES string of the molecule is COC1=Cc2c(CC(N)=O)c(Cl)c(-c3cccnc3Cl)n2CC1. The van der Waals surface area contributed by atoms with Gasteiger partial charge in [-0.2, -0.15) is 0 Å². The van der Waals surface area contributed by atoms with Gasteiger partial charge in [0, 0.05) is 36.0 Å². The fraction of sp³-hybridized carbons (Fsp3) is 0.250. The maximum absolute atomic E-state index is 11.4. The summed E-state index contributed by atoms with van der Waals surface area (Å²) in [6.45, 7) is 0.675. The van der Waals surface area contributed by atoms with Crippen LogP contribution in [-0.2, 0) is 22.5 Å². The zero-order valence-corrected chi connectivity index (χ0v) is 14.0. The second-order valence-corrected chi connectivity index (χ2v) is 5.96. The number of hydrogen-bond donors (Lipinski definition) is 1. The van der Waals surface area contributed by atoms with Crippen LogP contribution < -0.4 is 5.73 Å². The number of carbonyl (C=O) groups is 1. The molecule has 0 aromatic carbocycles. The number of aromatic nitrogens is 2. The molecule has 2 aromatic heterocycles. The lowest BCUT2D eigenvalue weighted by Gasteiger charge is -2.19. The molecular formula is C16H15Cl2N3O2. The van der Waals surface area contributed by atoms with Crippen LogP contribution in [-0.4, -0.2) is 22.6 Å². The van der Waals surface area contributed by atoms with Gasteiger partial charge in [-0.25, -0.2) is 4.98 Å². The number of methoxy groups -OCH3 is 1. The zero-order valence-electron chi connectivity index (χ0n) is 12.5. The van der Waals surface area contributed by atoms with E-state index in [1.54, 1.807) is 19.4 Å². The third kappa shape index (κ3) is 2.82. The van der Waals surface area contributed by atoms with E-state index in [0.717, 1.165) is 29.1 Å². The summed E-state index contributed by atoms with van der Waals surface area (Å²) in [4.78, 5) is 15.5. The number of carbonyl (C=O) groups excluding carboxylic acids is 1. The van der Waals surface area contributed by atoms with Crippen LogP contribution in [0.3, 0.4) is 0 Å². The van der Waals surface area contributed by atoms with E-state index in [1.807, 2.05) is 16.7 Å². The average molecular weight is 352 g/mol. The molecule has 0 saturated heterocycles. The van der Waals surface area contributed by atoms with Crippen molar-refractivity contribution in [1.82, 2.24) is 9.55 Å². The van der Waals surface area contributed by atoms with Gasteiger partial charge in [0.05, 0.1) is 30.0 Å². The smallest absolute Gasteiger partial charge is 0.221 e. The number of primary amides is 1. The van der Waals surface area contributed by atoms with Crippen molar-refractivity contribution in [3.8, 4) is 11.3 Å². The number of rotatable bonds is 4. The Morgan fingerprint density at radius 2 is 2.26 bits per heavy atom. The number of pyridine rings is 1. The molecule has 1 amide bonds. The third-order valence-electron chi connectivity index (χ3n) is 3.85. The Morgan fingerprint density at radius 1 is 1.48 bits per heavy atom. The number of amides is 1. The number of allylic oxidation sites excluding steroid dienone is 1. The molecule has 0 aliphatic carbocycles. The predicted molar refractivity (Wildman–Crippen MR) is 90.2 cm³/mol. The minimum absolute atomic E-state index is 0.0551. The summed E-state index contributed by atoms with van der Waals surface area (Å²) < 4.78 is 7.37. The number of nitrogens with zero attached hydrogens (tertiary/aromatic N) is 2. The van der Waals surface area contributed by atoms with E-state index in [-0.39, 0.29) is 6.42 Å². The fourth-order valence-electron chi connectivity index (χ4n) is 2.83. The maximum atomic E-state index is 11.4. The molecule has 2 N–H and O–H groups in total. The summed E-state index contributed by atoms with van der Waals surface area (Å²) in [6, 6.07) is 3.65. The number of fused-ring (bicyclic) bond motifs is 1. The van der Waals surface area contributed by atoms with Gasteiger partial charge in [0.1, 0.15) is 5.15 Å². The number of ether oxygens (including phenoxy) is 1. The topological polar surface area (TPSA) is 70.1 Å². The molecule has 0 fully saturated rings. The Labute approximate surface area is 143 Å². The summed E-state index contributed by atoms with van der Waals surface area (Å²) in [7, 11) is 1.62. The Bertz CT molecular complexity index is 812. The van der Waals surface area contributed by atoms with E-state index >= 15 is 0 Å². The van der Waals surface area contributed by atoms with Crippen LogP contribution in [0.2, 0.25) is 10.2 Å². The molecule has 23 heavy (non-hydrogen) atoms. The molecule has 0 spiro atoms. The van der Waals surface area contributed by atoms with Gasteiger partial charge < -0.3 is 15.0 Å². The first-order valence-corrected chi connectivity index (χ1v) is 7.83. The van der Waals surface area contributed by atoms with E-state index < -0.39 is 5.91 Å². The molecule has 1 aliphatic rings. The molecular weight excluding hydrogens is 337 g/mol. The molecule has 0 saturated carbocycles. The minimum Gasteiger partial charge on any atom is -0.501 e. The summed E-state index contributed by atoms with van der Waals surface area (Å²) in [5.41, 5.74) is 8.36. The monoisotopic (exact) mass is 351 g/mol. The van der Waals surface area contributed by atoms with Crippen molar-refractivity contribution in [2.75, 3.05) is 7.11 Å². The highest BCUT2D eigenvalue weighted by Gasteiger charge is 2.26. The number of hydrogen-bond acceptors (Lipinski definition) is 3. The zero-order chi connectivity index (χ0) is 16.6. The Balaban J connectivity index is 2.26. The largest absolute Gasteiger partial charge is 0.501 e. The van der Waals surface area contributed by atoms with Crippen molar-refractivity contribution in [3.05, 3.63) is 45.5 Å². The molecule has 5 nitrogen and oxygen atoms in total. The molecule has 2 aromatic rings. The third-order valence-corrected chi connectivity index (χ3v) is 4.56. The van der Waals surface area contributed by atoms with Crippen LogP contribution in [0.15, 0.2) is 24.1 Å². The van der Waals surface area contributed by atoms with E-state index in [0.29, 0.717) is 22.3 Å². The molecule has 0 bridgehead atoms. The quantitative estimate of drug-likeness (QED) is 0.859. The summed E-state index contributed by atoms with van der Waals surface area (Å²) in [5.74, 6) is 0.392. The van der Waals surface area contributed by atoms with Crippen LogP contribution in [0.4, 0.5) is 0 Å². The van der Waals surface area contributed by atoms with Gasteiger partial charge in [-0.15, -0.1) is 0 Å². The average Bonchev–Trinajstić information content (AvgIpc) is 2.79. The van der Waals surface area contributed by atoms with Crippen LogP contribution in [0.5, 0.6) is 0 Å². The van der Waals surface area contributed by atoms with Gasteiger partial charge in [-0.3, -0.25) is 4.79 Å². The van der Waals surface area contributed by atoms with E-state index in [1.165, 1.54) is 0 Å². The van der Waals surface area contributed by atoms with Crippen molar-refractivity contribution in [2.24, 2.45) is 5.73 Å². The summed E-state index contributed by atoms with van der Waals surface area (Å²) in [6.07, 6.45) is 4.30. The van der Waals surface area contributed by atoms with E-state index in [4.69, 9.17) is 33.7 Å². The van der Waals surface area contributed by atoms with Crippen LogP contribution in [0, 0.1) is 0 Å². The lowest BCUT2D eigenvalue weighted by atomic mass is 10.1. The highest BCUT2D eigenvalue weighted by Crippen LogP contribution is 2.41. The number of halogens is 2. The molecule has 0 atom stereocenters. The van der Waals surface area contributed by atoms with Gasteiger partial charge in [0.15, 0.2) is 0 Å². The maximum Gasteiger partial charge on any atom is 0.221 e. The first-order valence-electron chi connectivity index (χ1n) is 7.07. The predicted octanol–water partition coefficient (Wildman–Crippen LogP) is 3.28. The first-order chi connectivity index (χ1) is 11.0. The van der Waals surface area contributed by atoms with E-state index in [9.17, 15) is 4.79 Å². The highest BCUT2D eigenvalue weighted by atomic mass is 35.5. The summed E-state index contributed by atoms with van der Waals surface area (Å²) in [5, 5.41) is 0.837. The Morgan fingerprint density at radius 3 is 2.91 bits per heavy atom. The van der Waals surface area contributed by atoms with Gasteiger partial charge in [-0.05, 0) is 18.2 Å². The standard InChI is InChI=1S/C16H15Cl2N3O2/c1-23-9-4-6-21-12(7-9)11(8-13(19)22)14(17)15(21)10-3-2-5-20-16(10)18/h2-3,5,7H,4,6,8H2,1H3,(H2,19,22). The molecule has 0 radical (unpaired) electrons. The number of nitrogens with two attached hydrogens (primary N) is 1. The first kappa shape index (κ1) is 15.9. The van der Waals surface area contributed by atoms with Gasteiger partial charge in [-0.1, -0.05) is 23.2 Å². The highest BCUT2D eigenvalue weighted by molar-refractivity contribution is 6.36. The van der Waals surface area contributed by atoms with Crippen molar-refractivity contribution >= 4 is 35.2 Å². The van der Waals surface area contributed by atoms with Gasteiger partial charge in [0.2, 0.25) is 5.91 Å². The minimum atomic E-state index is -0.443. The van der Waals surface area contributed by atoms with Crippen molar-refractivity contribution in [3.63, 3.8) is 0 Å². The molecule has 0 unspecified atom stereocenters.